The van der Waals surface area contributed by atoms with E-state index in [0.29, 0.717) is 26.4 Å². The lowest BCUT2D eigenvalue weighted by atomic mass is 10.5. The summed E-state index contributed by atoms with van der Waals surface area (Å²) >= 11 is 0. The largest absolute Gasteiger partial charge is 0.237 e. The van der Waals surface area contributed by atoms with Crippen LogP contribution in [0.25, 0.3) is 0 Å². The highest BCUT2D eigenvalue weighted by Crippen LogP contribution is 1.86. The van der Waals surface area contributed by atoms with E-state index in [9.17, 15) is 0 Å². The van der Waals surface area contributed by atoms with Crippen molar-refractivity contribution in [2.75, 3.05) is 26.4 Å². The molecular weight excluding hydrogens is 148 g/mol. The molecule has 0 spiro atoms. The molecule has 68 valence electrons. The zero-order chi connectivity index (χ0) is 8.36. The van der Waals surface area contributed by atoms with Crippen LogP contribution in [0, 0.1) is 0 Å². The van der Waals surface area contributed by atoms with Crippen molar-refractivity contribution in [3.8, 4) is 0 Å². The molecule has 4 heteroatoms. The van der Waals surface area contributed by atoms with E-state index in [1.807, 2.05) is 13.8 Å². The van der Waals surface area contributed by atoms with Crippen LogP contribution in [0.5, 0.6) is 0 Å². The van der Waals surface area contributed by atoms with E-state index in [1.54, 1.807) is 0 Å². The highest BCUT2D eigenvalue weighted by molar-refractivity contribution is 4.26. The summed E-state index contributed by atoms with van der Waals surface area (Å²) in [5.74, 6) is 0. The quantitative estimate of drug-likeness (QED) is 0.308. The molecule has 0 saturated carbocycles. The van der Waals surface area contributed by atoms with Crippen LogP contribution in [0.4, 0.5) is 0 Å². The minimum atomic E-state index is 0.543. The second-order valence-electron chi connectivity index (χ2n) is 1.81. The van der Waals surface area contributed by atoms with Crippen LogP contribution in [0.2, 0.25) is 0 Å². The third-order valence-corrected chi connectivity index (χ3v) is 0.858. The molecule has 0 unspecified atom stereocenters. The van der Waals surface area contributed by atoms with Crippen molar-refractivity contribution in [1.82, 2.24) is 0 Å². The van der Waals surface area contributed by atoms with Gasteiger partial charge < -0.3 is 0 Å². The minimum absolute atomic E-state index is 0.543. The monoisotopic (exact) mass is 164 g/mol. The molecule has 0 aliphatic carbocycles. The fourth-order valence-corrected chi connectivity index (χ4v) is 0.461. The first-order chi connectivity index (χ1) is 5.41. The Balaban J connectivity index is 2.69. The van der Waals surface area contributed by atoms with Crippen molar-refractivity contribution in [1.29, 1.82) is 0 Å². The molecule has 0 aliphatic rings. The Bertz CT molecular complexity index is 59.5. The molecule has 0 atom stereocenters. The Morgan fingerprint density at radius 3 is 1.55 bits per heavy atom. The van der Waals surface area contributed by atoms with E-state index in [4.69, 9.17) is 9.78 Å². The molecule has 4 nitrogen and oxygen atoms in total. The van der Waals surface area contributed by atoms with Gasteiger partial charge >= 0.3 is 0 Å². The SMILES string of the molecule is CCOOCCCOOCC. The van der Waals surface area contributed by atoms with Gasteiger partial charge in [-0.15, -0.1) is 0 Å². The highest BCUT2D eigenvalue weighted by atomic mass is 17.2. The van der Waals surface area contributed by atoms with Crippen molar-refractivity contribution in [2.24, 2.45) is 0 Å². The summed E-state index contributed by atoms with van der Waals surface area (Å²) < 4.78 is 0. The molecule has 0 fully saturated rings. The molecule has 11 heavy (non-hydrogen) atoms. The number of hydrogen-bond donors (Lipinski definition) is 0. The lowest BCUT2D eigenvalue weighted by Crippen LogP contribution is -2.02. The van der Waals surface area contributed by atoms with Gasteiger partial charge in [0.25, 0.3) is 0 Å². The van der Waals surface area contributed by atoms with Crippen molar-refractivity contribution >= 4 is 0 Å². The second-order valence-corrected chi connectivity index (χ2v) is 1.81. The van der Waals surface area contributed by atoms with Crippen molar-refractivity contribution in [3.63, 3.8) is 0 Å². The highest BCUT2D eigenvalue weighted by Gasteiger charge is 1.89. The minimum Gasteiger partial charge on any atom is -0.237 e. The average Bonchev–Trinajstić information content (AvgIpc) is 2.03. The molecule has 0 rings (SSSR count). The van der Waals surface area contributed by atoms with E-state index in [-0.39, 0.29) is 0 Å². The van der Waals surface area contributed by atoms with E-state index in [0.717, 1.165) is 6.42 Å². The standard InChI is InChI=1S/C7H16O4/c1-3-8-10-6-5-7-11-9-4-2/h3-7H2,1-2H3. The molecular formula is C7H16O4. The lowest BCUT2D eigenvalue weighted by molar-refractivity contribution is -0.312. The third-order valence-electron chi connectivity index (χ3n) is 0.858. The van der Waals surface area contributed by atoms with Crippen molar-refractivity contribution in [3.05, 3.63) is 0 Å². The van der Waals surface area contributed by atoms with Gasteiger partial charge in [-0.1, -0.05) is 0 Å². The fourth-order valence-electron chi connectivity index (χ4n) is 0.461. The van der Waals surface area contributed by atoms with Crippen LogP contribution in [-0.2, 0) is 19.6 Å². The van der Waals surface area contributed by atoms with Gasteiger partial charge in [-0.3, -0.25) is 0 Å². The first-order valence-electron chi connectivity index (χ1n) is 3.90. The van der Waals surface area contributed by atoms with Crippen LogP contribution in [0.15, 0.2) is 0 Å². The second kappa shape index (κ2) is 9.84. The summed E-state index contributed by atoms with van der Waals surface area (Å²) in [6.07, 6.45) is 0.778. The van der Waals surface area contributed by atoms with Crippen LogP contribution in [-0.4, -0.2) is 26.4 Å². The van der Waals surface area contributed by atoms with Gasteiger partial charge in [0.2, 0.25) is 0 Å². The molecule has 0 heterocycles. The fraction of sp³-hybridized carbons (Fsp3) is 1.00. The molecule has 0 aliphatic heterocycles. The molecule has 0 amide bonds. The topological polar surface area (TPSA) is 36.9 Å². The first kappa shape index (κ1) is 10.8. The van der Waals surface area contributed by atoms with Crippen LogP contribution in [0.3, 0.4) is 0 Å². The van der Waals surface area contributed by atoms with Crippen molar-refractivity contribution < 1.29 is 19.6 Å². The van der Waals surface area contributed by atoms with Gasteiger partial charge in [-0.2, -0.15) is 0 Å². The van der Waals surface area contributed by atoms with Crippen LogP contribution >= 0.6 is 0 Å². The summed E-state index contributed by atoms with van der Waals surface area (Å²) in [5, 5.41) is 0. The predicted octanol–water partition coefficient (Wildman–Crippen LogP) is 1.31. The zero-order valence-corrected chi connectivity index (χ0v) is 7.17. The lowest BCUT2D eigenvalue weighted by Gasteiger charge is -2.01. The predicted molar refractivity (Wildman–Crippen MR) is 39.8 cm³/mol. The van der Waals surface area contributed by atoms with E-state index < -0.39 is 0 Å². The van der Waals surface area contributed by atoms with E-state index in [2.05, 4.69) is 9.78 Å². The molecule has 0 N–H and O–H groups in total. The van der Waals surface area contributed by atoms with Gasteiger partial charge in [0.05, 0.1) is 26.4 Å². The Labute approximate surface area is 67.2 Å². The number of hydrogen-bond acceptors (Lipinski definition) is 4. The molecule has 0 aromatic heterocycles. The summed E-state index contributed by atoms with van der Waals surface area (Å²) in [6, 6.07) is 0. The Morgan fingerprint density at radius 2 is 1.18 bits per heavy atom. The Kier molecular flexibility index (Phi) is 9.70. The molecule has 0 bridgehead atoms. The van der Waals surface area contributed by atoms with Crippen molar-refractivity contribution in [2.45, 2.75) is 20.3 Å². The van der Waals surface area contributed by atoms with Gasteiger partial charge in [0.1, 0.15) is 0 Å². The van der Waals surface area contributed by atoms with E-state index >= 15 is 0 Å². The normalized spacial score (nSPS) is 10.4. The zero-order valence-electron chi connectivity index (χ0n) is 7.17. The molecule has 0 radical (unpaired) electrons. The van der Waals surface area contributed by atoms with Gasteiger partial charge in [0.15, 0.2) is 0 Å². The average molecular weight is 164 g/mol. The van der Waals surface area contributed by atoms with Gasteiger partial charge in [-0.05, 0) is 13.8 Å². The first-order valence-corrected chi connectivity index (χ1v) is 3.90. The molecule has 0 aromatic carbocycles. The Morgan fingerprint density at radius 1 is 0.727 bits per heavy atom. The molecule has 0 aromatic rings. The maximum atomic E-state index is 4.73. The van der Waals surface area contributed by atoms with Crippen LogP contribution < -0.4 is 0 Å². The number of rotatable bonds is 8. The summed E-state index contributed by atoms with van der Waals surface area (Å²) in [4.78, 5) is 18.7. The summed E-state index contributed by atoms with van der Waals surface area (Å²) in [6.45, 7) is 5.98. The summed E-state index contributed by atoms with van der Waals surface area (Å²) in [7, 11) is 0. The van der Waals surface area contributed by atoms with Crippen LogP contribution in [0.1, 0.15) is 20.3 Å². The maximum absolute atomic E-state index is 4.73. The van der Waals surface area contributed by atoms with E-state index in [1.165, 1.54) is 0 Å². The Hall–Kier alpha value is -0.160. The molecule has 0 saturated heterocycles. The van der Waals surface area contributed by atoms with Gasteiger partial charge in [0, 0.05) is 6.42 Å². The maximum Gasteiger partial charge on any atom is 0.0845 e. The third kappa shape index (κ3) is 9.84. The van der Waals surface area contributed by atoms with Gasteiger partial charge in [-0.25, -0.2) is 19.6 Å². The smallest absolute Gasteiger partial charge is 0.0845 e. The summed E-state index contributed by atoms with van der Waals surface area (Å²) in [5.41, 5.74) is 0.